The lowest BCUT2D eigenvalue weighted by atomic mass is 10.2. The van der Waals surface area contributed by atoms with Gasteiger partial charge in [0.2, 0.25) is 0 Å². The standard InChI is InChI=1S/C13H7Cl4NO/c14-8-1-2-12(11(17)6-8)18-13(19)7-3-9(15)5-10(16)4-7/h1-6H,(H,18,19). The Morgan fingerprint density at radius 1 is 0.842 bits per heavy atom. The Morgan fingerprint density at radius 2 is 1.47 bits per heavy atom. The third-order valence-corrected chi connectivity index (χ3v) is 3.29. The first kappa shape index (κ1) is 14.5. The third-order valence-electron chi connectivity index (χ3n) is 2.30. The minimum Gasteiger partial charge on any atom is -0.321 e. The molecule has 0 bridgehead atoms. The highest BCUT2D eigenvalue weighted by Gasteiger charge is 2.10. The Bertz CT molecular complexity index is 622. The maximum absolute atomic E-state index is 12.0. The molecule has 0 spiro atoms. The van der Waals surface area contributed by atoms with E-state index in [-0.39, 0.29) is 5.91 Å². The van der Waals surface area contributed by atoms with E-state index >= 15 is 0 Å². The van der Waals surface area contributed by atoms with Gasteiger partial charge in [-0.05, 0) is 36.4 Å². The number of anilines is 1. The second-order valence-electron chi connectivity index (χ2n) is 3.74. The van der Waals surface area contributed by atoms with Crippen LogP contribution in [0.3, 0.4) is 0 Å². The highest BCUT2D eigenvalue weighted by Crippen LogP contribution is 2.26. The molecule has 0 heterocycles. The highest BCUT2D eigenvalue weighted by molar-refractivity contribution is 6.37. The molecule has 2 nitrogen and oxygen atoms in total. The fraction of sp³-hybridized carbons (Fsp3) is 0. The lowest BCUT2D eigenvalue weighted by molar-refractivity contribution is 0.102. The van der Waals surface area contributed by atoms with Crippen molar-refractivity contribution >= 4 is 58.0 Å². The van der Waals surface area contributed by atoms with Gasteiger partial charge >= 0.3 is 0 Å². The van der Waals surface area contributed by atoms with Gasteiger partial charge in [0.25, 0.3) is 5.91 Å². The monoisotopic (exact) mass is 333 g/mol. The van der Waals surface area contributed by atoms with Crippen molar-refractivity contribution < 1.29 is 4.79 Å². The number of hydrogen-bond acceptors (Lipinski definition) is 1. The first-order valence-electron chi connectivity index (χ1n) is 5.18. The van der Waals surface area contributed by atoms with E-state index in [4.69, 9.17) is 46.4 Å². The molecule has 0 saturated heterocycles. The first-order chi connectivity index (χ1) is 8.95. The summed E-state index contributed by atoms with van der Waals surface area (Å²) in [5.74, 6) is -0.353. The smallest absolute Gasteiger partial charge is 0.255 e. The first-order valence-corrected chi connectivity index (χ1v) is 6.69. The molecule has 0 radical (unpaired) electrons. The summed E-state index contributed by atoms with van der Waals surface area (Å²) in [4.78, 5) is 12.0. The number of nitrogens with one attached hydrogen (secondary N) is 1. The molecular formula is C13H7Cl4NO. The maximum Gasteiger partial charge on any atom is 0.255 e. The maximum atomic E-state index is 12.0. The van der Waals surface area contributed by atoms with E-state index in [1.807, 2.05) is 0 Å². The van der Waals surface area contributed by atoms with Crippen LogP contribution in [0.25, 0.3) is 0 Å². The summed E-state index contributed by atoms with van der Waals surface area (Å²) in [6.07, 6.45) is 0. The second kappa shape index (κ2) is 6.02. The van der Waals surface area contributed by atoms with Crippen molar-refractivity contribution in [1.29, 1.82) is 0 Å². The predicted molar refractivity (Wildman–Crippen MR) is 80.9 cm³/mol. The highest BCUT2D eigenvalue weighted by atomic mass is 35.5. The van der Waals surface area contributed by atoms with Gasteiger partial charge in [-0.2, -0.15) is 0 Å². The Balaban J connectivity index is 2.25. The van der Waals surface area contributed by atoms with E-state index < -0.39 is 0 Å². The van der Waals surface area contributed by atoms with Crippen LogP contribution in [0.5, 0.6) is 0 Å². The molecule has 98 valence electrons. The topological polar surface area (TPSA) is 29.1 Å². The fourth-order valence-electron chi connectivity index (χ4n) is 1.47. The largest absolute Gasteiger partial charge is 0.321 e. The third kappa shape index (κ3) is 3.77. The molecule has 2 aromatic rings. The van der Waals surface area contributed by atoms with Crippen molar-refractivity contribution in [3.8, 4) is 0 Å². The van der Waals surface area contributed by atoms with Crippen LogP contribution in [0.15, 0.2) is 36.4 Å². The van der Waals surface area contributed by atoms with E-state index in [1.165, 1.54) is 12.1 Å². The zero-order valence-corrected chi connectivity index (χ0v) is 12.4. The van der Waals surface area contributed by atoms with Crippen molar-refractivity contribution in [2.24, 2.45) is 0 Å². The summed E-state index contributed by atoms with van der Waals surface area (Å²) in [5, 5.41) is 4.29. The van der Waals surface area contributed by atoms with Crippen LogP contribution >= 0.6 is 46.4 Å². The van der Waals surface area contributed by atoms with E-state index in [1.54, 1.807) is 24.3 Å². The van der Waals surface area contributed by atoms with Gasteiger partial charge in [-0.1, -0.05) is 46.4 Å². The molecular weight excluding hydrogens is 328 g/mol. The summed E-state index contributed by atoms with van der Waals surface area (Å²) in [5.41, 5.74) is 0.815. The molecule has 0 fully saturated rings. The molecule has 2 rings (SSSR count). The molecule has 0 aromatic heterocycles. The molecule has 1 N–H and O–H groups in total. The minimum absolute atomic E-state index is 0.350. The van der Waals surface area contributed by atoms with Gasteiger partial charge < -0.3 is 5.32 Å². The SMILES string of the molecule is O=C(Nc1ccc(Cl)cc1Cl)c1cc(Cl)cc(Cl)c1. The van der Waals surface area contributed by atoms with E-state index in [2.05, 4.69) is 5.32 Å². The van der Waals surface area contributed by atoms with Gasteiger partial charge in [0, 0.05) is 20.6 Å². The molecule has 2 aromatic carbocycles. The molecule has 0 aliphatic heterocycles. The molecule has 0 saturated carbocycles. The zero-order valence-electron chi connectivity index (χ0n) is 9.38. The van der Waals surface area contributed by atoms with Crippen molar-refractivity contribution in [1.82, 2.24) is 0 Å². The van der Waals surface area contributed by atoms with Gasteiger partial charge in [-0.25, -0.2) is 0 Å². The average Bonchev–Trinajstić information content (AvgIpc) is 2.31. The summed E-state index contributed by atoms with van der Waals surface area (Å²) >= 11 is 23.4. The number of carbonyl (C=O) groups is 1. The second-order valence-corrected chi connectivity index (χ2v) is 5.45. The van der Waals surface area contributed by atoms with Crippen LogP contribution < -0.4 is 5.32 Å². The van der Waals surface area contributed by atoms with Gasteiger partial charge in [-0.3, -0.25) is 4.79 Å². The Morgan fingerprint density at radius 3 is 2.05 bits per heavy atom. The van der Waals surface area contributed by atoms with E-state index in [0.29, 0.717) is 31.3 Å². The molecule has 0 aliphatic carbocycles. The van der Waals surface area contributed by atoms with Crippen molar-refractivity contribution in [2.75, 3.05) is 5.32 Å². The Hall–Kier alpha value is -0.930. The summed E-state index contributed by atoms with van der Waals surface area (Å²) in [7, 11) is 0. The molecule has 0 unspecified atom stereocenters. The van der Waals surface area contributed by atoms with Crippen molar-refractivity contribution in [2.45, 2.75) is 0 Å². The molecule has 1 amide bonds. The molecule has 0 aliphatic rings. The van der Waals surface area contributed by atoms with Crippen LogP contribution in [0.2, 0.25) is 20.1 Å². The average molecular weight is 335 g/mol. The van der Waals surface area contributed by atoms with Gasteiger partial charge in [0.05, 0.1) is 10.7 Å². The van der Waals surface area contributed by atoms with Crippen LogP contribution in [-0.2, 0) is 0 Å². The van der Waals surface area contributed by atoms with Gasteiger partial charge in [0.15, 0.2) is 0 Å². The lowest BCUT2D eigenvalue weighted by Crippen LogP contribution is -2.12. The van der Waals surface area contributed by atoms with Crippen LogP contribution in [0, 0.1) is 0 Å². The molecule has 19 heavy (non-hydrogen) atoms. The number of amides is 1. The minimum atomic E-state index is -0.353. The Labute approximate surface area is 130 Å². The summed E-state index contributed by atoms with van der Waals surface area (Å²) < 4.78 is 0. The molecule has 6 heteroatoms. The van der Waals surface area contributed by atoms with E-state index in [9.17, 15) is 4.79 Å². The number of carbonyl (C=O) groups excluding carboxylic acids is 1. The van der Waals surface area contributed by atoms with Crippen molar-refractivity contribution in [3.63, 3.8) is 0 Å². The van der Waals surface area contributed by atoms with Gasteiger partial charge in [-0.15, -0.1) is 0 Å². The number of hydrogen-bond donors (Lipinski definition) is 1. The van der Waals surface area contributed by atoms with Crippen molar-refractivity contribution in [3.05, 3.63) is 62.1 Å². The lowest BCUT2D eigenvalue weighted by Gasteiger charge is -2.08. The van der Waals surface area contributed by atoms with Crippen LogP contribution in [0.4, 0.5) is 5.69 Å². The number of rotatable bonds is 2. The predicted octanol–water partition coefficient (Wildman–Crippen LogP) is 5.55. The van der Waals surface area contributed by atoms with Gasteiger partial charge in [0.1, 0.15) is 0 Å². The van der Waals surface area contributed by atoms with Crippen LogP contribution in [0.1, 0.15) is 10.4 Å². The summed E-state index contributed by atoms with van der Waals surface area (Å²) in [6, 6.07) is 9.39. The van der Waals surface area contributed by atoms with Crippen LogP contribution in [-0.4, -0.2) is 5.91 Å². The summed E-state index contributed by atoms with van der Waals surface area (Å²) in [6.45, 7) is 0. The normalized spacial score (nSPS) is 10.3. The van der Waals surface area contributed by atoms with E-state index in [0.717, 1.165) is 0 Å². The zero-order chi connectivity index (χ0) is 14.0. The fourth-order valence-corrected chi connectivity index (χ4v) is 2.45. The number of halogens is 4. The Kier molecular flexibility index (Phi) is 4.58. The number of benzene rings is 2. The molecule has 0 atom stereocenters. The quantitative estimate of drug-likeness (QED) is 0.766.